The van der Waals surface area contributed by atoms with Gasteiger partial charge in [0.05, 0.1) is 12.3 Å². The van der Waals surface area contributed by atoms with Crippen molar-refractivity contribution in [2.75, 3.05) is 19.6 Å². The lowest BCUT2D eigenvalue weighted by atomic mass is 10.0. The summed E-state index contributed by atoms with van der Waals surface area (Å²) in [6.07, 6.45) is 2.60. The molecule has 0 saturated carbocycles. The number of rotatable bonds is 3. The first kappa shape index (κ1) is 17.6. The molecule has 1 N–H and O–H groups in total. The van der Waals surface area contributed by atoms with Crippen LogP contribution in [0.2, 0.25) is 0 Å². The second-order valence-electron chi connectivity index (χ2n) is 5.75. The van der Waals surface area contributed by atoms with Gasteiger partial charge in [0.1, 0.15) is 0 Å². The summed E-state index contributed by atoms with van der Waals surface area (Å²) < 4.78 is 5.39. The molecule has 124 valence electrons. The monoisotopic (exact) mass is 334 g/mol. The Kier molecular flexibility index (Phi) is 5.85. The smallest absolute Gasteiger partial charge is 0.290 e. The molecule has 1 atom stereocenters. The Labute approximate surface area is 143 Å². The maximum atomic E-state index is 12.8. The second kappa shape index (κ2) is 7.66. The third-order valence-electron chi connectivity index (χ3n) is 4.33. The van der Waals surface area contributed by atoms with E-state index in [0.717, 1.165) is 25.1 Å². The van der Waals surface area contributed by atoms with Crippen molar-refractivity contribution in [1.82, 2.24) is 10.2 Å². The van der Waals surface area contributed by atoms with E-state index >= 15 is 0 Å². The van der Waals surface area contributed by atoms with Crippen LogP contribution in [-0.2, 0) is 6.42 Å². The van der Waals surface area contributed by atoms with Crippen molar-refractivity contribution >= 4 is 18.3 Å². The highest BCUT2D eigenvalue weighted by Gasteiger charge is 2.30. The standard InChI is InChI=1S/C18H22N2O2.ClH/c1-3-14-4-6-15(7-5-14)16-12-19-9-10-20(16)18(21)17-13(2)8-11-22-17;/h4-8,11,16,19H,3,9-10,12H2,1-2H3;1H. The van der Waals surface area contributed by atoms with Gasteiger partial charge in [0, 0.05) is 25.2 Å². The van der Waals surface area contributed by atoms with Gasteiger partial charge in [-0.2, -0.15) is 0 Å². The van der Waals surface area contributed by atoms with Gasteiger partial charge in [-0.1, -0.05) is 31.2 Å². The van der Waals surface area contributed by atoms with Crippen molar-refractivity contribution in [3.05, 3.63) is 59.0 Å². The van der Waals surface area contributed by atoms with E-state index in [2.05, 4.69) is 36.5 Å². The number of carbonyl (C=O) groups is 1. The fourth-order valence-corrected chi connectivity index (χ4v) is 2.94. The molecule has 5 heteroatoms. The molecule has 1 unspecified atom stereocenters. The van der Waals surface area contributed by atoms with E-state index < -0.39 is 0 Å². The normalized spacial score (nSPS) is 17.7. The first-order valence-electron chi connectivity index (χ1n) is 7.85. The minimum atomic E-state index is -0.0198. The van der Waals surface area contributed by atoms with Crippen LogP contribution in [0.25, 0.3) is 0 Å². The molecule has 2 aromatic rings. The van der Waals surface area contributed by atoms with Crippen LogP contribution in [0.5, 0.6) is 0 Å². The van der Waals surface area contributed by atoms with Crippen molar-refractivity contribution in [2.24, 2.45) is 0 Å². The highest BCUT2D eigenvalue weighted by molar-refractivity contribution is 5.93. The lowest BCUT2D eigenvalue weighted by molar-refractivity contribution is 0.0600. The molecule has 1 fully saturated rings. The Hall–Kier alpha value is -1.78. The number of hydrogen-bond donors (Lipinski definition) is 1. The number of halogens is 1. The van der Waals surface area contributed by atoms with Gasteiger partial charge in [0.15, 0.2) is 5.76 Å². The highest BCUT2D eigenvalue weighted by atomic mass is 35.5. The maximum Gasteiger partial charge on any atom is 0.290 e. The Morgan fingerprint density at radius 1 is 1.30 bits per heavy atom. The van der Waals surface area contributed by atoms with Gasteiger partial charge in [-0.05, 0) is 30.5 Å². The molecule has 1 aromatic heterocycles. The topological polar surface area (TPSA) is 45.5 Å². The van der Waals surface area contributed by atoms with Crippen molar-refractivity contribution in [1.29, 1.82) is 0 Å². The first-order chi connectivity index (χ1) is 10.7. The molecule has 4 nitrogen and oxygen atoms in total. The van der Waals surface area contributed by atoms with Crippen molar-refractivity contribution in [3.8, 4) is 0 Å². The van der Waals surface area contributed by atoms with Gasteiger partial charge >= 0.3 is 0 Å². The predicted molar refractivity (Wildman–Crippen MR) is 93.2 cm³/mol. The molecule has 2 heterocycles. The average molecular weight is 335 g/mol. The summed E-state index contributed by atoms with van der Waals surface area (Å²) in [5.74, 6) is 0.436. The number of benzene rings is 1. The van der Waals surface area contributed by atoms with Gasteiger partial charge in [0.25, 0.3) is 5.91 Å². The molecule has 1 saturated heterocycles. The van der Waals surface area contributed by atoms with E-state index in [1.165, 1.54) is 11.1 Å². The Morgan fingerprint density at radius 3 is 2.65 bits per heavy atom. The van der Waals surface area contributed by atoms with Gasteiger partial charge < -0.3 is 14.6 Å². The van der Waals surface area contributed by atoms with Crippen LogP contribution in [0.3, 0.4) is 0 Å². The molecule has 3 rings (SSSR count). The van der Waals surface area contributed by atoms with Crippen LogP contribution in [0.15, 0.2) is 41.0 Å². The Morgan fingerprint density at radius 2 is 2.04 bits per heavy atom. The summed E-state index contributed by atoms with van der Waals surface area (Å²) in [5.41, 5.74) is 3.37. The minimum Gasteiger partial charge on any atom is -0.459 e. The highest BCUT2D eigenvalue weighted by Crippen LogP contribution is 2.25. The van der Waals surface area contributed by atoms with Crippen LogP contribution in [0, 0.1) is 6.92 Å². The molecule has 0 bridgehead atoms. The fourth-order valence-electron chi connectivity index (χ4n) is 2.94. The number of carbonyl (C=O) groups excluding carboxylic acids is 1. The van der Waals surface area contributed by atoms with Gasteiger partial charge in [-0.25, -0.2) is 0 Å². The van der Waals surface area contributed by atoms with Crippen molar-refractivity contribution in [2.45, 2.75) is 26.3 Å². The first-order valence-corrected chi connectivity index (χ1v) is 7.85. The van der Waals surface area contributed by atoms with Crippen LogP contribution < -0.4 is 5.32 Å². The molecular weight excluding hydrogens is 312 g/mol. The van der Waals surface area contributed by atoms with Gasteiger partial charge in [0.2, 0.25) is 0 Å². The lowest BCUT2D eigenvalue weighted by Crippen LogP contribution is -2.48. The molecule has 0 aliphatic carbocycles. The number of aryl methyl sites for hydroxylation is 2. The molecule has 1 aliphatic rings. The molecule has 0 radical (unpaired) electrons. The predicted octanol–water partition coefficient (Wildman–Crippen LogP) is 3.36. The van der Waals surface area contributed by atoms with Crippen molar-refractivity contribution in [3.63, 3.8) is 0 Å². The number of nitrogens with zero attached hydrogens (tertiary/aromatic N) is 1. The maximum absolute atomic E-state index is 12.8. The number of amides is 1. The Bertz CT molecular complexity index is 651. The van der Waals surface area contributed by atoms with E-state index in [-0.39, 0.29) is 24.4 Å². The van der Waals surface area contributed by atoms with Gasteiger partial charge in [-0.15, -0.1) is 12.4 Å². The third kappa shape index (κ3) is 3.59. The molecule has 0 spiro atoms. The van der Waals surface area contributed by atoms with E-state index in [0.29, 0.717) is 12.3 Å². The fraction of sp³-hybridized carbons (Fsp3) is 0.389. The van der Waals surface area contributed by atoms with E-state index in [9.17, 15) is 4.79 Å². The summed E-state index contributed by atoms with van der Waals surface area (Å²) >= 11 is 0. The van der Waals surface area contributed by atoms with Crippen LogP contribution >= 0.6 is 12.4 Å². The zero-order chi connectivity index (χ0) is 15.5. The molecule has 1 aromatic carbocycles. The van der Waals surface area contributed by atoms with E-state index in [1.54, 1.807) is 6.26 Å². The van der Waals surface area contributed by atoms with Gasteiger partial charge in [-0.3, -0.25) is 4.79 Å². The number of furan rings is 1. The van der Waals surface area contributed by atoms with E-state index in [4.69, 9.17) is 4.42 Å². The van der Waals surface area contributed by atoms with Crippen LogP contribution in [0.1, 0.15) is 40.2 Å². The molecule has 1 aliphatic heterocycles. The van der Waals surface area contributed by atoms with Crippen LogP contribution in [0.4, 0.5) is 0 Å². The number of nitrogens with one attached hydrogen (secondary N) is 1. The minimum absolute atomic E-state index is 0. The summed E-state index contributed by atoms with van der Waals surface area (Å²) in [6, 6.07) is 10.4. The quantitative estimate of drug-likeness (QED) is 0.936. The number of hydrogen-bond acceptors (Lipinski definition) is 3. The van der Waals surface area contributed by atoms with Crippen LogP contribution in [-0.4, -0.2) is 30.4 Å². The molecular formula is C18H23ClN2O2. The summed E-state index contributed by atoms with van der Waals surface area (Å²) in [5, 5.41) is 3.38. The Balaban J connectivity index is 0.00000192. The van der Waals surface area contributed by atoms with E-state index in [1.807, 2.05) is 17.9 Å². The lowest BCUT2D eigenvalue weighted by Gasteiger charge is -2.36. The molecule has 1 amide bonds. The largest absolute Gasteiger partial charge is 0.459 e. The third-order valence-corrected chi connectivity index (χ3v) is 4.33. The summed E-state index contributed by atoms with van der Waals surface area (Å²) in [6.45, 7) is 6.34. The zero-order valence-corrected chi connectivity index (χ0v) is 14.4. The summed E-state index contributed by atoms with van der Waals surface area (Å²) in [4.78, 5) is 14.7. The zero-order valence-electron chi connectivity index (χ0n) is 13.5. The average Bonchev–Trinajstić information content (AvgIpc) is 3.00. The second-order valence-corrected chi connectivity index (χ2v) is 5.75. The summed E-state index contributed by atoms with van der Waals surface area (Å²) in [7, 11) is 0. The molecule has 23 heavy (non-hydrogen) atoms. The van der Waals surface area contributed by atoms with Crippen molar-refractivity contribution < 1.29 is 9.21 Å². The number of piperazine rings is 1. The SMILES string of the molecule is CCc1ccc(C2CNCCN2C(=O)c2occc2C)cc1.Cl.